The average molecular weight is 346 g/mol. The molecule has 0 spiro atoms. The van der Waals surface area contributed by atoms with Crippen LogP contribution >= 0.6 is 11.8 Å². The van der Waals surface area contributed by atoms with Crippen LogP contribution < -0.4 is 18.9 Å². The molecule has 1 heterocycles. The number of carbonyl (C=O) groups is 1. The molecular formula is C18H18O5S. The summed E-state index contributed by atoms with van der Waals surface area (Å²) in [6.45, 7) is 1.11. The molecule has 2 aromatic rings. The van der Waals surface area contributed by atoms with E-state index < -0.39 is 0 Å². The van der Waals surface area contributed by atoms with Crippen LogP contribution in [0.4, 0.5) is 0 Å². The predicted octanol–water partition coefficient (Wildman–Crippen LogP) is 3.45. The zero-order valence-electron chi connectivity index (χ0n) is 13.5. The fourth-order valence-electron chi connectivity index (χ4n) is 2.37. The van der Waals surface area contributed by atoms with Crippen molar-refractivity contribution in [3.05, 3.63) is 42.0 Å². The largest absolute Gasteiger partial charge is 0.497 e. The summed E-state index contributed by atoms with van der Waals surface area (Å²) in [4.78, 5) is 13.4. The van der Waals surface area contributed by atoms with E-state index in [4.69, 9.17) is 18.9 Å². The van der Waals surface area contributed by atoms with Crippen LogP contribution in [0, 0.1) is 0 Å². The first-order valence-corrected chi connectivity index (χ1v) is 8.47. The zero-order valence-corrected chi connectivity index (χ0v) is 14.4. The van der Waals surface area contributed by atoms with Gasteiger partial charge in [0, 0.05) is 11.0 Å². The van der Waals surface area contributed by atoms with Gasteiger partial charge in [-0.1, -0.05) is 0 Å². The monoisotopic (exact) mass is 346 g/mol. The number of ether oxygens (including phenoxy) is 4. The Balaban J connectivity index is 1.69. The molecule has 0 aliphatic carbocycles. The number of thioether (sulfide) groups is 1. The van der Waals surface area contributed by atoms with Crippen molar-refractivity contribution >= 4 is 17.5 Å². The van der Waals surface area contributed by atoms with Crippen LogP contribution in [0.25, 0.3) is 0 Å². The highest BCUT2D eigenvalue weighted by Crippen LogP contribution is 2.34. The van der Waals surface area contributed by atoms with Crippen molar-refractivity contribution in [1.29, 1.82) is 0 Å². The first-order chi connectivity index (χ1) is 11.7. The van der Waals surface area contributed by atoms with Crippen molar-refractivity contribution < 1.29 is 23.7 Å². The molecule has 5 nitrogen and oxygen atoms in total. The minimum atomic E-state index is -0.00519. The molecule has 126 valence electrons. The van der Waals surface area contributed by atoms with Gasteiger partial charge in [0.15, 0.2) is 17.3 Å². The van der Waals surface area contributed by atoms with Crippen molar-refractivity contribution in [2.75, 3.05) is 33.2 Å². The Kier molecular flexibility index (Phi) is 5.15. The van der Waals surface area contributed by atoms with E-state index in [0.717, 1.165) is 16.4 Å². The van der Waals surface area contributed by atoms with Crippen molar-refractivity contribution in [1.82, 2.24) is 0 Å². The van der Waals surface area contributed by atoms with Gasteiger partial charge < -0.3 is 18.9 Å². The quantitative estimate of drug-likeness (QED) is 0.590. The molecule has 6 heteroatoms. The van der Waals surface area contributed by atoms with E-state index >= 15 is 0 Å². The van der Waals surface area contributed by atoms with E-state index in [-0.39, 0.29) is 5.78 Å². The molecule has 0 unspecified atom stereocenters. The summed E-state index contributed by atoms with van der Waals surface area (Å²) >= 11 is 1.45. The van der Waals surface area contributed by atoms with Gasteiger partial charge in [-0.3, -0.25) is 4.79 Å². The summed E-state index contributed by atoms with van der Waals surface area (Å²) in [6, 6.07) is 10.9. The number of rotatable bonds is 6. The molecule has 1 aliphatic rings. The maximum Gasteiger partial charge on any atom is 0.176 e. The van der Waals surface area contributed by atoms with Crippen LogP contribution in [0.5, 0.6) is 23.0 Å². The van der Waals surface area contributed by atoms with Gasteiger partial charge in [0.1, 0.15) is 24.7 Å². The molecule has 0 bridgehead atoms. The summed E-state index contributed by atoms with van der Waals surface area (Å²) in [7, 11) is 3.12. The summed E-state index contributed by atoms with van der Waals surface area (Å²) in [6.07, 6.45) is 0. The van der Waals surface area contributed by atoms with Crippen LogP contribution in [0.2, 0.25) is 0 Å². The fraction of sp³-hybridized carbons (Fsp3) is 0.278. The number of Topliss-reactive ketones (excluding diaryl/α,β-unsaturated/α-hetero) is 1. The number of fused-ring (bicyclic) bond motifs is 1. The Morgan fingerprint density at radius 2 is 1.83 bits per heavy atom. The first kappa shape index (κ1) is 16.5. The van der Waals surface area contributed by atoms with E-state index in [0.29, 0.717) is 36.0 Å². The highest BCUT2D eigenvalue weighted by Gasteiger charge is 2.16. The molecular weight excluding hydrogens is 328 g/mol. The first-order valence-electron chi connectivity index (χ1n) is 7.49. The summed E-state index contributed by atoms with van der Waals surface area (Å²) in [5, 5.41) is 0. The van der Waals surface area contributed by atoms with Crippen molar-refractivity contribution in [3.8, 4) is 23.0 Å². The van der Waals surface area contributed by atoms with Gasteiger partial charge in [0.25, 0.3) is 0 Å². The Labute approximate surface area is 144 Å². The van der Waals surface area contributed by atoms with Crippen LogP contribution in [-0.4, -0.2) is 39.0 Å². The molecule has 0 fully saturated rings. The number of hydrogen-bond acceptors (Lipinski definition) is 6. The molecule has 0 aromatic heterocycles. The molecule has 24 heavy (non-hydrogen) atoms. The minimum Gasteiger partial charge on any atom is -0.497 e. The maximum atomic E-state index is 12.5. The summed E-state index contributed by atoms with van der Waals surface area (Å²) in [5.41, 5.74) is 0.545. The highest BCUT2D eigenvalue weighted by molar-refractivity contribution is 8.00. The second-order valence-electron chi connectivity index (χ2n) is 5.08. The minimum absolute atomic E-state index is 0.00519. The van der Waals surface area contributed by atoms with Gasteiger partial charge in [-0.05, 0) is 30.3 Å². The lowest BCUT2D eigenvalue weighted by Gasteiger charge is -2.18. The normalized spacial score (nSPS) is 12.6. The van der Waals surface area contributed by atoms with Gasteiger partial charge in [-0.15, -0.1) is 11.8 Å². The number of carbonyl (C=O) groups excluding carboxylic acids is 1. The zero-order chi connectivity index (χ0) is 16.9. The third-order valence-corrected chi connectivity index (χ3v) is 4.59. The fourth-order valence-corrected chi connectivity index (χ4v) is 3.18. The molecule has 3 rings (SSSR count). The van der Waals surface area contributed by atoms with Gasteiger partial charge >= 0.3 is 0 Å². The number of methoxy groups -OCH3 is 2. The average Bonchev–Trinajstić information content (AvgIpc) is 2.65. The van der Waals surface area contributed by atoms with Crippen molar-refractivity contribution in [2.24, 2.45) is 0 Å². The van der Waals surface area contributed by atoms with Gasteiger partial charge in [-0.2, -0.15) is 0 Å². The Hall–Kier alpha value is -2.34. The number of hydrogen-bond donors (Lipinski definition) is 0. The third-order valence-electron chi connectivity index (χ3n) is 3.59. The predicted molar refractivity (Wildman–Crippen MR) is 92.0 cm³/mol. The van der Waals surface area contributed by atoms with E-state index in [9.17, 15) is 4.79 Å². The van der Waals surface area contributed by atoms with Crippen molar-refractivity contribution in [3.63, 3.8) is 0 Å². The Morgan fingerprint density at radius 3 is 2.58 bits per heavy atom. The number of benzene rings is 2. The molecule has 0 saturated carbocycles. The smallest absolute Gasteiger partial charge is 0.176 e. The van der Waals surface area contributed by atoms with Gasteiger partial charge in [0.2, 0.25) is 0 Å². The third kappa shape index (κ3) is 3.59. The molecule has 0 amide bonds. The summed E-state index contributed by atoms with van der Waals surface area (Å²) < 4.78 is 21.5. The maximum absolute atomic E-state index is 12.5. The lowest BCUT2D eigenvalue weighted by Crippen LogP contribution is -2.15. The molecule has 0 radical (unpaired) electrons. The van der Waals surface area contributed by atoms with Crippen LogP contribution in [0.1, 0.15) is 10.4 Å². The van der Waals surface area contributed by atoms with Crippen LogP contribution in [-0.2, 0) is 0 Å². The lowest BCUT2D eigenvalue weighted by molar-refractivity contribution is 0.101. The molecule has 0 N–H and O–H groups in total. The Morgan fingerprint density at radius 1 is 1.04 bits per heavy atom. The topological polar surface area (TPSA) is 54.0 Å². The van der Waals surface area contributed by atoms with Crippen LogP contribution in [0.15, 0.2) is 41.3 Å². The SMILES string of the molecule is COc1ccc(C(=O)CSc2ccc3c(c2)OCCO3)c(OC)c1. The molecule has 2 aromatic carbocycles. The van der Waals surface area contributed by atoms with E-state index in [1.54, 1.807) is 32.4 Å². The van der Waals surface area contributed by atoms with Crippen LogP contribution in [0.3, 0.4) is 0 Å². The van der Waals surface area contributed by atoms with Gasteiger partial charge in [0.05, 0.1) is 25.5 Å². The lowest BCUT2D eigenvalue weighted by atomic mass is 10.1. The second-order valence-corrected chi connectivity index (χ2v) is 6.13. The van der Waals surface area contributed by atoms with E-state index in [2.05, 4.69) is 0 Å². The standard InChI is InChI=1S/C18H18O5S/c1-20-12-3-5-14(17(9-12)21-2)15(19)11-24-13-4-6-16-18(10-13)23-8-7-22-16/h3-6,9-10H,7-8,11H2,1-2H3. The Bertz CT molecular complexity index is 744. The van der Waals surface area contributed by atoms with Gasteiger partial charge in [-0.25, -0.2) is 0 Å². The molecule has 0 saturated heterocycles. The molecule has 1 aliphatic heterocycles. The summed E-state index contributed by atoms with van der Waals surface area (Å²) in [5.74, 6) is 2.94. The molecule has 0 atom stereocenters. The van der Waals surface area contributed by atoms with E-state index in [1.807, 2.05) is 18.2 Å². The van der Waals surface area contributed by atoms with Crippen molar-refractivity contribution in [2.45, 2.75) is 4.90 Å². The number of ketones is 1. The highest BCUT2D eigenvalue weighted by atomic mass is 32.2. The van der Waals surface area contributed by atoms with E-state index in [1.165, 1.54) is 11.8 Å². The second kappa shape index (κ2) is 7.49.